The normalized spacial score (nSPS) is 16.2. The first-order valence-corrected chi connectivity index (χ1v) is 10.6. The van der Waals surface area contributed by atoms with Crippen LogP contribution in [0, 0.1) is 12.8 Å². The maximum absolute atomic E-state index is 13.5. The molecule has 0 spiro atoms. The van der Waals surface area contributed by atoms with Gasteiger partial charge in [-0.25, -0.2) is 9.78 Å². The van der Waals surface area contributed by atoms with Crippen LogP contribution in [-0.4, -0.2) is 22.1 Å². The summed E-state index contributed by atoms with van der Waals surface area (Å²) in [5.74, 6) is 0.153. The Bertz CT molecular complexity index is 1100. The van der Waals surface area contributed by atoms with Crippen molar-refractivity contribution in [3.63, 3.8) is 0 Å². The minimum absolute atomic E-state index is 0.0894. The third-order valence-electron chi connectivity index (χ3n) is 5.33. The summed E-state index contributed by atoms with van der Waals surface area (Å²) in [7, 11) is 0. The highest BCUT2D eigenvalue weighted by Crippen LogP contribution is 2.35. The molecule has 3 aromatic rings. The number of aromatic nitrogens is 2. The summed E-state index contributed by atoms with van der Waals surface area (Å²) in [5, 5.41) is 0.687. The molecule has 4 rings (SSSR count). The van der Waals surface area contributed by atoms with Crippen LogP contribution >= 0.6 is 11.3 Å². The highest BCUT2D eigenvalue weighted by atomic mass is 32.1. The second-order valence-corrected chi connectivity index (χ2v) is 8.65. The van der Waals surface area contributed by atoms with E-state index in [1.165, 1.54) is 9.44 Å². The second kappa shape index (κ2) is 7.51. The first kappa shape index (κ1) is 18.9. The second-order valence-electron chi connectivity index (χ2n) is 7.56. The first-order valence-electron chi connectivity index (χ1n) is 9.75. The quantitative estimate of drug-likeness (QED) is 0.623. The lowest BCUT2D eigenvalue weighted by Crippen LogP contribution is -2.29. The Morgan fingerprint density at radius 3 is 2.79 bits per heavy atom. The molecule has 0 N–H and O–H groups in total. The Kier molecular flexibility index (Phi) is 5.06. The summed E-state index contributed by atoms with van der Waals surface area (Å²) in [4.78, 5) is 32.5. The number of nitrogens with zero attached hydrogens (tertiary/aromatic N) is 2. The van der Waals surface area contributed by atoms with Gasteiger partial charge in [0.25, 0.3) is 5.56 Å². The molecule has 1 atom stereocenters. The van der Waals surface area contributed by atoms with Gasteiger partial charge in [0, 0.05) is 4.88 Å². The lowest BCUT2D eigenvalue weighted by atomic mass is 9.89. The SMILES string of the molecule is CCOC(=O)c1nc2sc3c(c2c(=O)n1Cc1ccc(C)cc1)CCC(C)C3. The van der Waals surface area contributed by atoms with Crippen LogP contribution in [0.2, 0.25) is 0 Å². The Labute approximate surface area is 168 Å². The van der Waals surface area contributed by atoms with Crippen LogP contribution in [0.5, 0.6) is 0 Å². The molecule has 1 aromatic carbocycles. The van der Waals surface area contributed by atoms with E-state index in [1.54, 1.807) is 18.3 Å². The van der Waals surface area contributed by atoms with E-state index < -0.39 is 5.97 Å². The number of rotatable bonds is 4. The molecule has 0 radical (unpaired) electrons. The third-order valence-corrected chi connectivity index (χ3v) is 6.48. The van der Waals surface area contributed by atoms with Crippen LogP contribution in [-0.2, 0) is 24.1 Å². The molecule has 2 aromatic heterocycles. The molecule has 0 saturated heterocycles. The van der Waals surface area contributed by atoms with Gasteiger partial charge in [0.05, 0.1) is 18.5 Å². The standard InChI is InChI=1S/C22H24N2O3S/c1-4-27-22(26)19-23-20-18(16-10-7-14(3)11-17(16)28-20)21(25)24(19)12-15-8-5-13(2)6-9-15/h5-6,8-9,14H,4,7,10-12H2,1-3H3. The number of aryl methyl sites for hydroxylation is 2. The molecule has 28 heavy (non-hydrogen) atoms. The Morgan fingerprint density at radius 2 is 2.07 bits per heavy atom. The predicted octanol–water partition coefficient (Wildman–Crippen LogP) is 4.12. The molecule has 0 aliphatic heterocycles. The van der Waals surface area contributed by atoms with Gasteiger partial charge in [0.2, 0.25) is 5.82 Å². The summed E-state index contributed by atoms with van der Waals surface area (Å²) >= 11 is 1.55. The van der Waals surface area contributed by atoms with Crippen LogP contribution in [0.1, 0.15) is 52.5 Å². The lowest BCUT2D eigenvalue weighted by Gasteiger charge is -2.17. The summed E-state index contributed by atoms with van der Waals surface area (Å²) in [6.07, 6.45) is 2.95. The van der Waals surface area contributed by atoms with Gasteiger partial charge < -0.3 is 4.74 Å². The minimum atomic E-state index is -0.548. The van der Waals surface area contributed by atoms with E-state index in [1.807, 2.05) is 31.2 Å². The van der Waals surface area contributed by atoms with Crippen molar-refractivity contribution in [2.24, 2.45) is 5.92 Å². The van der Waals surface area contributed by atoms with E-state index in [0.717, 1.165) is 36.0 Å². The smallest absolute Gasteiger partial charge is 0.374 e. The van der Waals surface area contributed by atoms with Gasteiger partial charge in [-0.05, 0) is 50.2 Å². The van der Waals surface area contributed by atoms with Crippen LogP contribution in [0.4, 0.5) is 0 Å². The summed E-state index contributed by atoms with van der Waals surface area (Å²) < 4.78 is 6.67. The van der Waals surface area contributed by atoms with Crippen LogP contribution in [0.3, 0.4) is 0 Å². The Hall–Kier alpha value is -2.47. The molecular weight excluding hydrogens is 372 g/mol. The average molecular weight is 397 g/mol. The van der Waals surface area contributed by atoms with Crippen molar-refractivity contribution < 1.29 is 9.53 Å². The largest absolute Gasteiger partial charge is 0.460 e. The molecule has 0 amide bonds. The van der Waals surface area contributed by atoms with Crippen LogP contribution in [0.15, 0.2) is 29.1 Å². The minimum Gasteiger partial charge on any atom is -0.460 e. The molecule has 6 heteroatoms. The van der Waals surface area contributed by atoms with Crippen molar-refractivity contribution >= 4 is 27.5 Å². The number of carbonyl (C=O) groups is 1. The van der Waals surface area contributed by atoms with Crippen molar-refractivity contribution in [2.75, 3.05) is 6.61 Å². The Morgan fingerprint density at radius 1 is 1.32 bits per heavy atom. The van der Waals surface area contributed by atoms with Crippen molar-refractivity contribution in [3.05, 3.63) is 62.0 Å². The van der Waals surface area contributed by atoms with Crippen molar-refractivity contribution in [2.45, 2.75) is 46.6 Å². The predicted molar refractivity (Wildman–Crippen MR) is 111 cm³/mol. The topological polar surface area (TPSA) is 61.2 Å². The number of ether oxygens (including phenoxy) is 1. The van der Waals surface area contributed by atoms with E-state index in [2.05, 4.69) is 11.9 Å². The van der Waals surface area contributed by atoms with Gasteiger partial charge in [-0.1, -0.05) is 36.8 Å². The number of hydrogen-bond donors (Lipinski definition) is 0. The molecule has 0 bridgehead atoms. The van der Waals surface area contributed by atoms with Crippen molar-refractivity contribution in [3.8, 4) is 0 Å². The maximum Gasteiger partial charge on any atom is 0.374 e. The van der Waals surface area contributed by atoms with Gasteiger partial charge in [-0.3, -0.25) is 9.36 Å². The van der Waals surface area contributed by atoms with Gasteiger partial charge in [0.15, 0.2) is 0 Å². The van der Waals surface area contributed by atoms with Crippen molar-refractivity contribution in [1.29, 1.82) is 0 Å². The fraction of sp³-hybridized carbons (Fsp3) is 0.409. The zero-order valence-corrected chi connectivity index (χ0v) is 17.3. The molecule has 1 aliphatic carbocycles. The zero-order valence-electron chi connectivity index (χ0n) is 16.4. The molecule has 2 heterocycles. The van der Waals surface area contributed by atoms with Crippen LogP contribution in [0.25, 0.3) is 10.2 Å². The summed E-state index contributed by atoms with van der Waals surface area (Å²) in [5.41, 5.74) is 3.10. The highest BCUT2D eigenvalue weighted by Gasteiger charge is 2.26. The molecule has 0 fully saturated rings. The number of fused-ring (bicyclic) bond motifs is 3. The van der Waals surface area contributed by atoms with Gasteiger partial charge in [0.1, 0.15) is 4.83 Å². The van der Waals surface area contributed by atoms with Gasteiger partial charge in [-0.2, -0.15) is 0 Å². The van der Waals surface area contributed by atoms with E-state index >= 15 is 0 Å². The summed E-state index contributed by atoms with van der Waals surface area (Å²) in [6, 6.07) is 7.96. The first-order chi connectivity index (χ1) is 13.5. The fourth-order valence-corrected chi connectivity index (χ4v) is 5.17. The Balaban J connectivity index is 1.90. The number of carbonyl (C=O) groups excluding carboxylic acids is 1. The molecule has 146 valence electrons. The monoisotopic (exact) mass is 396 g/mol. The van der Waals surface area contributed by atoms with Gasteiger partial charge in [-0.15, -0.1) is 11.3 Å². The molecule has 5 nitrogen and oxygen atoms in total. The average Bonchev–Trinajstić information content (AvgIpc) is 3.03. The summed E-state index contributed by atoms with van der Waals surface area (Å²) in [6.45, 7) is 6.56. The fourth-order valence-electron chi connectivity index (χ4n) is 3.80. The van der Waals surface area contributed by atoms with E-state index in [0.29, 0.717) is 22.7 Å². The van der Waals surface area contributed by atoms with Crippen molar-refractivity contribution in [1.82, 2.24) is 9.55 Å². The third kappa shape index (κ3) is 3.37. The number of esters is 1. The molecule has 0 saturated carbocycles. The number of hydrogen-bond acceptors (Lipinski definition) is 5. The molecule has 1 unspecified atom stereocenters. The van der Waals surface area contributed by atoms with Crippen LogP contribution < -0.4 is 5.56 Å². The lowest BCUT2D eigenvalue weighted by molar-refractivity contribution is 0.0505. The highest BCUT2D eigenvalue weighted by molar-refractivity contribution is 7.18. The molecule has 1 aliphatic rings. The number of thiophene rings is 1. The van der Waals surface area contributed by atoms with E-state index in [9.17, 15) is 9.59 Å². The van der Waals surface area contributed by atoms with E-state index in [4.69, 9.17) is 4.74 Å². The zero-order chi connectivity index (χ0) is 19.8. The van der Waals surface area contributed by atoms with E-state index in [-0.39, 0.29) is 18.0 Å². The number of benzene rings is 1. The maximum atomic E-state index is 13.5. The molecular formula is C22H24N2O3S. The van der Waals surface area contributed by atoms with Gasteiger partial charge >= 0.3 is 5.97 Å².